The zero-order chi connectivity index (χ0) is 21.3. The maximum absolute atomic E-state index is 10.5. The molecule has 0 aliphatic rings. The molecular weight excluding hydrogens is 500 g/mol. The standard InChI is InChI=1S/2C9H8BrNO3/c1-2-5-14-9-4-3-7(11(12)13)6-8(9)10;1-2-3-6-4-7(11(13)14)5-8(10)9(6)12/h2-4,6H,1,5H2;2,4-5,12H,1,3H2. The molecule has 1 N–H and O–H groups in total. The highest BCUT2D eigenvalue weighted by Crippen LogP contribution is 2.33. The Kier molecular flexibility index (Phi) is 9.33. The molecule has 0 amide bonds. The van der Waals surface area contributed by atoms with Gasteiger partial charge in [0.05, 0.1) is 18.8 Å². The van der Waals surface area contributed by atoms with Crippen molar-refractivity contribution in [2.24, 2.45) is 0 Å². The van der Waals surface area contributed by atoms with Crippen LogP contribution in [-0.2, 0) is 6.42 Å². The van der Waals surface area contributed by atoms with E-state index in [9.17, 15) is 25.3 Å². The van der Waals surface area contributed by atoms with Crippen LogP contribution in [-0.4, -0.2) is 21.6 Å². The van der Waals surface area contributed by atoms with Crippen LogP contribution in [0.1, 0.15) is 5.56 Å². The van der Waals surface area contributed by atoms with Crippen LogP contribution in [0.4, 0.5) is 11.4 Å². The number of phenols is 1. The Bertz CT molecular complexity index is 902. The van der Waals surface area contributed by atoms with Gasteiger partial charge in [-0.2, -0.15) is 0 Å². The maximum atomic E-state index is 10.5. The minimum absolute atomic E-state index is 0.0236. The van der Waals surface area contributed by atoms with Gasteiger partial charge in [0, 0.05) is 29.8 Å². The van der Waals surface area contributed by atoms with Crippen LogP contribution < -0.4 is 4.74 Å². The molecule has 0 aromatic heterocycles. The van der Waals surface area contributed by atoms with Crippen molar-refractivity contribution >= 4 is 43.2 Å². The number of hydrogen-bond donors (Lipinski definition) is 1. The lowest BCUT2D eigenvalue weighted by molar-refractivity contribution is -0.385. The molecule has 0 atom stereocenters. The molecule has 8 nitrogen and oxygen atoms in total. The summed E-state index contributed by atoms with van der Waals surface area (Å²) in [5.74, 6) is 0.589. The maximum Gasteiger partial charge on any atom is 0.271 e. The third-order valence-electron chi connectivity index (χ3n) is 3.19. The van der Waals surface area contributed by atoms with Crippen LogP contribution in [0.25, 0.3) is 0 Å². The molecule has 0 aliphatic carbocycles. The summed E-state index contributed by atoms with van der Waals surface area (Å²) in [5, 5.41) is 30.4. The van der Waals surface area contributed by atoms with Crippen LogP contribution in [0.5, 0.6) is 11.5 Å². The van der Waals surface area contributed by atoms with Crippen LogP contribution in [0, 0.1) is 20.2 Å². The summed E-state index contributed by atoms with van der Waals surface area (Å²) < 4.78 is 6.12. The van der Waals surface area contributed by atoms with E-state index in [4.69, 9.17) is 4.74 Å². The van der Waals surface area contributed by atoms with Gasteiger partial charge in [0.25, 0.3) is 11.4 Å². The lowest BCUT2D eigenvalue weighted by Crippen LogP contribution is -1.94. The molecule has 2 aromatic rings. The van der Waals surface area contributed by atoms with Gasteiger partial charge in [-0.3, -0.25) is 20.2 Å². The van der Waals surface area contributed by atoms with Crippen LogP contribution in [0.2, 0.25) is 0 Å². The van der Waals surface area contributed by atoms with Gasteiger partial charge in [-0.05, 0) is 44.3 Å². The van der Waals surface area contributed by atoms with Gasteiger partial charge in [-0.25, -0.2) is 0 Å². The quantitative estimate of drug-likeness (QED) is 0.286. The van der Waals surface area contributed by atoms with Gasteiger partial charge in [-0.1, -0.05) is 18.7 Å². The predicted octanol–water partition coefficient (Wildman–Crippen LogP) is 5.71. The average molecular weight is 516 g/mol. The Labute approximate surface area is 177 Å². The highest BCUT2D eigenvalue weighted by Gasteiger charge is 2.13. The number of allylic oxidation sites excluding steroid dienone is 1. The molecular formula is C18H16Br2N2O6. The SMILES string of the molecule is C=CCOc1ccc([N+](=O)[O-])cc1Br.C=CCc1cc([N+](=O)[O-])cc(Br)c1O. The zero-order valence-corrected chi connectivity index (χ0v) is 17.7. The zero-order valence-electron chi connectivity index (χ0n) is 14.5. The first-order chi connectivity index (χ1) is 13.2. The van der Waals surface area contributed by atoms with E-state index < -0.39 is 9.85 Å². The largest absolute Gasteiger partial charge is 0.506 e. The van der Waals surface area contributed by atoms with E-state index in [1.54, 1.807) is 18.2 Å². The Morgan fingerprint density at radius 3 is 2.11 bits per heavy atom. The minimum atomic E-state index is -0.503. The summed E-state index contributed by atoms with van der Waals surface area (Å²) in [6.45, 7) is 7.38. The summed E-state index contributed by atoms with van der Waals surface area (Å²) in [6.07, 6.45) is 3.57. The van der Waals surface area contributed by atoms with Crippen LogP contribution in [0.15, 0.2) is 64.6 Å². The summed E-state index contributed by atoms with van der Waals surface area (Å²) in [6, 6.07) is 6.94. The number of benzene rings is 2. The van der Waals surface area contributed by atoms with Gasteiger partial charge >= 0.3 is 0 Å². The second kappa shape index (κ2) is 11.2. The molecule has 28 heavy (non-hydrogen) atoms. The Morgan fingerprint density at radius 2 is 1.61 bits per heavy atom. The normalized spacial score (nSPS) is 9.64. The van der Waals surface area contributed by atoms with Gasteiger partial charge in [0.15, 0.2) is 0 Å². The van der Waals surface area contributed by atoms with Crippen molar-refractivity contribution in [2.45, 2.75) is 6.42 Å². The molecule has 0 saturated carbocycles. The number of ether oxygens (including phenoxy) is 1. The molecule has 0 spiro atoms. The third kappa shape index (κ3) is 6.78. The van der Waals surface area contributed by atoms with Crippen molar-refractivity contribution in [1.82, 2.24) is 0 Å². The summed E-state index contributed by atoms with van der Waals surface area (Å²) in [7, 11) is 0. The van der Waals surface area contributed by atoms with Crippen molar-refractivity contribution in [3.05, 3.63) is 90.4 Å². The lowest BCUT2D eigenvalue weighted by atomic mass is 10.1. The smallest absolute Gasteiger partial charge is 0.271 e. The van der Waals surface area contributed by atoms with Crippen molar-refractivity contribution in [2.75, 3.05) is 6.61 Å². The van der Waals surface area contributed by atoms with E-state index in [1.807, 2.05) is 0 Å². The monoisotopic (exact) mass is 514 g/mol. The van der Waals surface area contributed by atoms with Crippen molar-refractivity contribution in [3.63, 3.8) is 0 Å². The first-order valence-corrected chi connectivity index (χ1v) is 9.24. The van der Waals surface area contributed by atoms with Crippen molar-refractivity contribution in [3.8, 4) is 11.5 Å². The highest BCUT2D eigenvalue weighted by molar-refractivity contribution is 9.10. The number of halogens is 2. The third-order valence-corrected chi connectivity index (χ3v) is 4.41. The fourth-order valence-corrected chi connectivity index (χ4v) is 2.90. The van der Waals surface area contributed by atoms with Gasteiger partial charge in [0.1, 0.15) is 18.1 Å². The number of nitro benzene ring substituents is 2. The lowest BCUT2D eigenvalue weighted by Gasteiger charge is -2.04. The molecule has 0 heterocycles. The van der Waals surface area contributed by atoms with E-state index in [2.05, 4.69) is 45.0 Å². The molecule has 2 rings (SSSR count). The molecule has 0 radical (unpaired) electrons. The molecule has 10 heteroatoms. The average Bonchev–Trinajstić information content (AvgIpc) is 2.64. The number of nitrogens with zero attached hydrogens (tertiary/aromatic N) is 2. The van der Waals surface area contributed by atoms with E-state index in [0.29, 0.717) is 33.3 Å². The summed E-state index contributed by atoms with van der Waals surface area (Å²) >= 11 is 6.23. The Morgan fingerprint density at radius 1 is 1.00 bits per heavy atom. The number of hydrogen-bond acceptors (Lipinski definition) is 6. The predicted molar refractivity (Wildman–Crippen MR) is 113 cm³/mol. The number of phenolic OH excluding ortho intramolecular Hbond substituents is 1. The molecule has 0 saturated heterocycles. The second-order valence-electron chi connectivity index (χ2n) is 5.16. The topological polar surface area (TPSA) is 116 Å². The molecule has 0 aliphatic heterocycles. The number of aromatic hydroxyl groups is 1. The van der Waals surface area contributed by atoms with Gasteiger partial charge in [0.2, 0.25) is 0 Å². The van der Waals surface area contributed by atoms with E-state index >= 15 is 0 Å². The van der Waals surface area contributed by atoms with Crippen molar-refractivity contribution < 1.29 is 19.7 Å². The van der Waals surface area contributed by atoms with E-state index in [1.165, 1.54) is 24.3 Å². The summed E-state index contributed by atoms with van der Waals surface area (Å²) in [4.78, 5) is 19.9. The van der Waals surface area contributed by atoms with E-state index in [0.717, 1.165) is 0 Å². The van der Waals surface area contributed by atoms with Gasteiger partial charge < -0.3 is 9.84 Å². The van der Waals surface area contributed by atoms with Crippen molar-refractivity contribution in [1.29, 1.82) is 0 Å². The molecule has 2 aromatic carbocycles. The Balaban J connectivity index is 0.000000280. The number of rotatable bonds is 7. The Hall–Kier alpha value is -2.72. The second-order valence-corrected chi connectivity index (χ2v) is 6.87. The fraction of sp³-hybridized carbons (Fsp3) is 0.111. The van der Waals surface area contributed by atoms with Crippen LogP contribution >= 0.6 is 31.9 Å². The molecule has 0 unspecified atom stereocenters. The first kappa shape index (κ1) is 23.3. The number of non-ortho nitro benzene ring substituents is 2. The van der Waals surface area contributed by atoms with E-state index in [-0.39, 0.29) is 17.1 Å². The minimum Gasteiger partial charge on any atom is -0.506 e. The molecule has 148 valence electrons. The van der Waals surface area contributed by atoms with Gasteiger partial charge in [-0.15, -0.1) is 6.58 Å². The van der Waals surface area contributed by atoms with Crippen LogP contribution in [0.3, 0.4) is 0 Å². The summed E-state index contributed by atoms with van der Waals surface area (Å²) in [5.41, 5.74) is 0.468. The molecule has 0 fully saturated rings. The highest BCUT2D eigenvalue weighted by atomic mass is 79.9. The fourth-order valence-electron chi connectivity index (χ4n) is 1.93. The number of nitro groups is 2. The first-order valence-electron chi connectivity index (χ1n) is 7.65. The molecule has 0 bridgehead atoms.